The lowest BCUT2D eigenvalue weighted by Gasteiger charge is -2.35. The number of carbonyl (C=O) groups is 3. The Labute approximate surface area is 255 Å². The van der Waals surface area contributed by atoms with Gasteiger partial charge < -0.3 is 25.4 Å². The minimum absolute atomic E-state index is 0.0947. The van der Waals surface area contributed by atoms with Crippen LogP contribution in [-0.4, -0.2) is 46.1 Å². The van der Waals surface area contributed by atoms with Crippen LogP contribution in [0.4, 0.5) is 10.5 Å². The van der Waals surface area contributed by atoms with Crippen LogP contribution in [0.1, 0.15) is 73.5 Å². The molecule has 3 N–H and O–H groups in total. The van der Waals surface area contributed by atoms with Crippen molar-refractivity contribution in [2.24, 2.45) is 0 Å². The number of carbonyl (C=O) groups excluding carboxylic acids is 3. The van der Waals surface area contributed by atoms with Gasteiger partial charge in [-0.05, 0) is 100 Å². The maximum atomic E-state index is 14.5. The molecule has 3 amide bonds. The van der Waals surface area contributed by atoms with Crippen LogP contribution >= 0.6 is 0 Å². The second-order valence-corrected chi connectivity index (χ2v) is 12.1. The van der Waals surface area contributed by atoms with Gasteiger partial charge in [0.25, 0.3) is 5.91 Å². The third-order valence-corrected chi connectivity index (χ3v) is 7.25. The van der Waals surface area contributed by atoms with E-state index in [1.165, 1.54) is 12.1 Å². The number of nitrogens with zero attached hydrogens (tertiary/aromatic N) is 1. The number of hydrogen-bond acceptors (Lipinski definition) is 5. The van der Waals surface area contributed by atoms with Gasteiger partial charge in [0.2, 0.25) is 5.91 Å². The molecule has 0 bridgehead atoms. The molecular weight excluding hydrogens is 542 g/mol. The van der Waals surface area contributed by atoms with E-state index in [0.29, 0.717) is 17.7 Å². The Morgan fingerprint density at radius 2 is 1.51 bits per heavy atom. The SMILES string of the molecule is CCCN(C(=O)C(Cc1ccc(O)cc1)NC(=O)OC(C)(C)C)C(C(=O)Nc1c(C)cccc1C)c1ccc(C)c(C)c1. The number of rotatable bonds is 10. The van der Waals surface area contributed by atoms with E-state index in [4.69, 9.17) is 4.74 Å². The number of anilines is 1. The molecule has 3 aromatic rings. The predicted octanol–water partition coefficient (Wildman–Crippen LogP) is 6.68. The summed E-state index contributed by atoms with van der Waals surface area (Å²) in [6.45, 7) is 15.3. The van der Waals surface area contributed by atoms with E-state index in [1.54, 1.807) is 37.8 Å². The maximum absolute atomic E-state index is 14.5. The number of phenols is 1. The number of phenolic OH excluding ortho intramolecular Hbond substituents is 1. The lowest BCUT2D eigenvalue weighted by Crippen LogP contribution is -2.53. The van der Waals surface area contributed by atoms with E-state index in [9.17, 15) is 19.5 Å². The summed E-state index contributed by atoms with van der Waals surface area (Å²) in [7, 11) is 0. The second kappa shape index (κ2) is 14.2. The minimum atomic E-state index is -1.03. The molecule has 0 saturated carbocycles. The van der Waals surface area contributed by atoms with Gasteiger partial charge in [0.1, 0.15) is 23.4 Å². The molecular formula is C35H45N3O5. The molecule has 0 fully saturated rings. The number of ether oxygens (including phenoxy) is 1. The van der Waals surface area contributed by atoms with Gasteiger partial charge in [-0.3, -0.25) is 9.59 Å². The van der Waals surface area contributed by atoms with Crippen LogP contribution in [-0.2, 0) is 20.7 Å². The van der Waals surface area contributed by atoms with Crippen LogP contribution < -0.4 is 10.6 Å². The normalized spacial score (nSPS) is 12.7. The van der Waals surface area contributed by atoms with Crippen molar-refractivity contribution in [2.45, 2.75) is 85.9 Å². The minimum Gasteiger partial charge on any atom is -0.508 e. The number of alkyl carbamates (subject to hydrolysis) is 1. The van der Waals surface area contributed by atoms with Crippen molar-refractivity contribution in [3.05, 3.63) is 94.0 Å². The molecule has 8 heteroatoms. The lowest BCUT2D eigenvalue weighted by molar-refractivity contribution is -0.140. The number of aryl methyl sites for hydroxylation is 4. The van der Waals surface area contributed by atoms with E-state index < -0.39 is 29.7 Å². The van der Waals surface area contributed by atoms with E-state index in [1.807, 2.05) is 71.0 Å². The highest BCUT2D eigenvalue weighted by Crippen LogP contribution is 2.29. The number of aromatic hydroxyl groups is 1. The molecule has 0 aliphatic heterocycles. The fraction of sp³-hybridized carbons (Fsp3) is 0.400. The summed E-state index contributed by atoms with van der Waals surface area (Å²) in [4.78, 5) is 43.2. The van der Waals surface area contributed by atoms with E-state index in [2.05, 4.69) is 10.6 Å². The van der Waals surface area contributed by atoms with Crippen molar-refractivity contribution in [1.82, 2.24) is 10.2 Å². The quantitative estimate of drug-likeness (QED) is 0.245. The molecule has 3 rings (SSSR count). The third kappa shape index (κ3) is 9.08. The van der Waals surface area contributed by atoms with Gasteiger partial charge >= 0.3 is 6.09 Å². The smallest absolute Gasteiger partial charge is 0.408 e. The van der Waals surface area contributed by atoms with Crippen LogP contribution in [0.3, 0.4) is 0 Å². The first-order chi connectivity index (χ1) is 20.2. The zero-order chi connectivity index (χ0) is 31.9. The molecule has 3 aromatic carbocycles. The fourth-order valence-corrected chi connectivity index (χ4v) is 4.94. The first kappa shape index (κ1) is 33.2. The summed E-state index contributed by atoms with van der Waals surface area (Å²) in [5, 5.41) is 15.6. The maximum Gasteiger partial charge on any atom is 0.408 e. The Kier molecular flexibility index (Phi) is 11.0. The highest BCUT2D eigenvalue weighted by Gasteiger charge is 2.36. The van der Waals surface area contributed by atoms with Gasteiger partial charge in [-0.2, -0.15) is 0 Å². The second-order valence-electron chi connectivity index (χ2n) is 12.1. The summed E-state index contributed by atoms with van der Waals surface area (Å²) in [5.74, 6) is -0.666. The summed E-state index contributed by atoms with van der Waals surface area (Å²) in [6.07, 6.45) is -0.0115. The Morgan fingerprint density at radius 1 is 0.884 bits per heavy atom. The Hall–Kier alpha value is -4.33. The lowest BCUT2D eigenvalue weighted by atomic mass is 9.97. The average Bonchev–Trinajstić information content (AvgIpc) is 2.92. The van der Waals surface area contributed by atoms with Crippen LogP contribution in [0.25, 0.3) is 0 Å². The van der Waals surface area contributed by atoms with E-state index >= 15 is 0 Å². The molecule has 0 spiro atoms. The van der Waals surface area contributed by atoms with Crippen molar-refractivity contribution in [2.75, 3.05) is 11.9 Å². The molecule has 2 unspecified atom stereocenters. The van der Waals surface area contributed by atoms with Gasteiger partial charge in [0.15, 0.2) is 0 Å². The fourth-order valence-electron chi connectivity index (χ4n) is 4.94. The first-order valence-corrected chi connectivity index (χ1v) is 14.7. The topological polar surface area (TPSA) is 108 Å². The molecule has 0 aliphatic rings. The molecule has 0 aromatic heterocycles. The Balaban J connectivity index is 2.09. The first-order valence-electron chi connectivity index (χ1n) is 14.7. The monoisotopic (exact) mass is 587 g/mol. The summed E-state index contributed by atoms with van der Waals surface area (Å²) in [5.41, 5.74) is 5.24. The number of benzene rings is 3. The van der Waals surface area contributed by atoms with Gasteiger partial charge in [0, 0.05) is 18.7 Å². The number of para-hydroxylation sites is 1. The third-order valence-electron chi connectivity index (χ3n) is 7.25. The summed E-state index contributed by atoms with van der Waals surface area (Å²) < 4.78 is 5.50. The van der Waals surface area contributed by atoms with Crippen molar-refractivity contribution in [3.63, 3.8) is 0 Å². The summed E-state index contributed by atoms with van der Waals surface area (Å²) in [6, 6.07) is 16.0. The Bertz CT molecular complexity index is 1420. The van der Waals surface area contributed by atoms with Crippen molar-refractivity contribution in [3.8, 4) is 5.75 Å². The molecule has 0 radical (unpaired) electrons. The number of nitrogens with one attached hydrogen (secondary N) is 2. The molecule has 8 nitrogen and oxygen atoms in total. The standard InChI is InChI=1S/C35H45N3O5/c1-9-19-38(33(41)29(36-34(42)43-35(6,7)8)21-26-14-17-28(39)18-15-26)31(27-16-13-22(2)25(5)20-27)32(40)37-30-23(3)11-10-12-24(30)4/h10-18,20,29,31,39H,9,19,21H2,1-8H3,(H,36,42)(H,37,40). The largest absolute Gasteiger partial charge is 0.508 e. The highest BCUT2D eigenvalue weighted by molar-refractivity contribution is 6.00. The van der Waals surface area contributed by atoms with Gasteiger partial charge in [-0.25, -0.2) is 4.79 Å². The van der Waals surface area contributed by atoms with Crippen molar-refractivity contribution >= 4 is 23.6 Å². The van der Waals surface area contributed by atoms with Crippen LogP contribution in [0.2, 0.25) is 0 Å². The van der Waals surface area contributed by atoms with Gasteiger partial charge in [0.05, 0.1) is 0 Å². The highest BCUT2D eigenvalue weighted by atomic mass is 16.6. The van der Waals surface area contributed by atoms with Crippen molar-refractivity contribution < 1.29 is 24.2 Å². The van der Waals surface area contributed by atoms with E-state index in [-0.39, 0.29) is 24.6 Å². The Morgan fingerprint density at radius 3 is 2.07 bits per heavy atom. The van der Waals surface area contributed by atoms with Crippen molar-refractivity contribution in [1.29, 1.82) is 0 Å². The molecule has 43 heavy (non-hydrogen) atoms. The van der Waals surface area contributed by atoms with Crippen LogP contribution in [0, 0.1) is 27.7 Å². The van der Waals surface area contributed by atoms with Gasteiger partial charge in [-0.1, -0.05) is 55.5 Å². The number of hydrogen-bond donors (Lipinski definition) is 3. The molecule has 2 atom stereocenters. The summed E-state index contributed by atoms with van der Waals surface area (Å²) >= 11 is 0. The number of amides is 3. The zero-order valence-electron chi connectivity index (χ0n) is 26.6. The molecule has 0 saturated heterocycles. The van der Waals surface area contributed by atoms with Crippen LogP contribution in [0.5, 0.6) is 5.75 Å². The average molecular weight is 588 g/mol. The molecule has 230 valence electrons. The molecule has 0 aliphatic carbocycles. The van der Waals surface area contributed by atoms with E-state index in [0.717, 1.165) is 27.8 Å². The zero-order valence-corrected chi connectivity index (χ0v) is 26.6. The molecule has 0 heterocycles. The van der Waals surface area contributed by atoms with Gasteiger partial charge in [-0.15, -0.1) is 0 Å². The van der Waals surface area contributed by atoms with Crippen LogP contribution in [0.15, 0.2) is 60.7 Å². The predicted molar refractivity (Wildman–Crippen MR) is 170 cm³/mol.